The molecule has 0 unspecified atom stereocenters. The van der Waals surface area contributed by atoms with E-state index in [4.69, 9.17) is 9.47 Å². The van der Waals surface area contributed by atoms with Crippen LogP contribution in [0.2, 0.25) is 0 Å². The molecule has 0 saturated carbocycles. The molecule has 0 rings (SSSR count). The van der Waals surface area contributed by atoms with Crippen LogP contribution in [0.4, 0.5) is 0 Å². The van der Waals surface area contributed by atoms with Crippen molar-refractivity contribution >= 4 is 0 Å². The molecule has 0 aromatic rings. The quantitative estimate of drug-likeness (QED) is 0.185. The van der Waals surface area contributed by atoms with Crippen LogP contribution in [0.25, 0.3) is 0 Å². The van der Waals surface area contributed by atoms with Crippen LogP contribution in [0.3, 0.4) is 0 Å². The maximum absolute atomic E-state index is 6.26. The van der Waals surface area contributed by atoms with E-state index in [-0.39, 0.29) is 16.7 Å². The molecular weight excluding hydrogens is 420 g/mol. The molecule has 0 atom stereocenters. The smallest absolute Gasteiger partial charge is 0.144 e. The first-order chi connectivity index (χ1) is 15.4. The highest BCUT2D eigenvalue weighted by Gasteiger charge is 2.25. The second-order valence-electron chi connectivity index (χ2n) is 13.6. The lowest BCUT2D eigenvalue weighted by Crippen LogP contribution is -2.44. The minimum atomic E-state index is -0.169. The lowest BCUT2D eigenvalue weighted by molar-refractivity contribution is -0.0351. The zero-order valence-corrected chi connectivity index (χ0v) is 25.0. The van der Waals surface area contributed by atoms with E-state index in [0.717, 1.165) is 57.2 Å². The van der Waals surface area contributed by atoms with E-state index in [9.17, 15) is 0 Å². The van der Waals surface area contributed by atoms with Crippen molar-refractivity contribution in [1.29, 1.82) is 0 Å². The highest BCUT2D eigenvalue weighted by Crippen LogP contribution is 2.30. The highest BCUT2D eigenvalue weighted by atomic mass is 16.5. The van der Waals surface area contributed by atoms with E-state index in [1.54, 1.807) is 0 Å². The van der Waals surface area contributed by atoms with Crippen LogP contribution in [0, 0.1) is 17.3 Å². The van der Waals surface area contributed by atoms with Gasteiger partial charge in [0.05, 0.1) is 11.2 Å². The Morgan fingerprint density at radius 3 is 1.79 bits per heavy atom. The summed E-state index contributed by atoms with van der Waals surface area (Å²) in [5.41, 5.74) is 2.99. The van der Waals surface area contributed by atoms with Crippen molar-refractivity contribution in [1.82, 2.24) is 10.6 Å². The zero-order chi connectivity index (χ0) is 26.6. The molecule has 202 valence electrons. The maximum atomic E-state index is 6.26. The summed E-state index contributed by atoms with van der Waals surface area (Å²) < 4.78 is 12.5. The van der Waals surface area contributed by atoms with Gasteiger partial charge >= 0.3 is 0 Å². The summed E-state index contributed by atoms with van der Waals surface area (Å²) in [5, 5.41) is 7.02. The van der Waals surface area contributed by atoms with Crippen molar-refractivity contribution in [3.8, 4) is 0 Å². The lowest BCUT2D eigenvalue weighted by atomic mass is 9.81. The lowest BCUT2D eigenvalue weighted by Gasteiger charge is -2.32. The van der Waals surface area contributed by atoms with Gasteiger partial charge in [0.2, 0.25) is 0 Å². The molecule has 0 aliphatic heterocycles. The average Bonchev–Trinajstić information content (AvgIpc) is 2.63. The second kappa shape index (κ2) is 14.6. The van der Waals surface area contributed by atoms with Crippen molar-refractivity contribution in [2.75, 3.05) is 19.8 Å². The van der Waals surface area contributed by atoms with Crippen LogP contribution >= 0.6 is 0 Å². The van der Waals surface area contributed by atoms with Gasteiger partial charge in [-0.1, -0.05) is 53.9 Å². The van der Waals surface area contributed by atoms with Gasteiger partial charge in [-0.05, 0) is 97.3 Å². The Kier molecular flexibility index (Phi) is 14.2. The van der Waals surface area contributed by atoms with Crippen LogP contribution in [-0.4, -0.2) is 36.5 Å². The Labute approximate surface area is 213 Å². The first kappa shape index (κ1) is 33.0. The molecule has 34 heavy (non-hydrogen) atoms. The van der Waals surface area contributed by atoms with Gasteiger partial charge in [0.15, 0.2) is 0 Å². The van der Waals surface area contributed by atoms with E-state index in [2.05, 4.69) is 106 Å². The predicted molar refractivity (Wildman–Crippen MR) is 149 cm³/mol. The standard InChI is InChI=1S/C30H60N2O2/c1-14-26(32-28(8,9)19-22-34-29(10,11)16-15-24(2)3)31-20-17-30(12,13)33-21-18-27(6,7)23-25(4)5/h24-25,31-32H,1,15-23H2,2-13H3. The van der Waals surface area contributed by atoms with E-state index in [1.165, 1.54) is 12.8 Å². The van der Waals surface area contributed by atoms with Crippen molar-refractivity contribution in [3.63, 3.8) is 0 Å². The van der Waals surface area contributed by atoms with Gasteiger partial charge in [0, 0.05) is 25.3 Å². The van der Waals surface area contributed by atoms with Crippen molar-refractivity contribution in [3.05, 3.63) is 18.1 Å². The van der Waals surface area contributed by atoms with E-state index in [1.807, 2.05) is 0 Å². The van der Waals surface area contributed by atoms with Crippen molar-refractivity contribution in [2.24, 2.45) is 17.3 Å². The van der Waals surface area contributed by atoms with Crippen LogP contribution in [0.15, 0.2) is 18.1 Å². The van der Waals surface area contributed by atoms with Crippen LogP contribution in [0.5, 0.6) is 0 Å². The monoisotopic (exact) mass is 480 g/mol. The van der Waals surface area contributed by atoms with Gasteiger partial charge in [0.1, 0.15) is 5.82 Å². The first-order valence-corrected chi connectivity index (χ1v) is 13.6. The number of ether oxygens (including phenoxy) is 2. The van der Waals surface area contributed by atoms with Gasteiger partial charge in [-0.2, -0.15) is 0 Å². The molecule has 0 spiro atoms. The summed E-state index contributed by atoms with van der Waals surface area (Å²) in [6.45, 7) is 33.1. The molecule has 0 aromatic heterocycles. The topological polar surface area (TPSA) is 42.5 Å². The summed E-state index contributed by atoms with van der Waals surface area (Å²) in [4.78, 5) is 0. The minimum Gasteiger partial charge on any atom is -0.375 e. The molecule has 0 amide bonds. The molecule has 2 N–H and O–H groups in total. The normalized spacial score (nSPS) is 13.4. The fourth-order valence-corrected chi connectivity index (χ4v) is 4.21. The van der Waals surface area contributed by atoms with Crippen molar-refractivity contribution < 1.29 is 9.47 Å². The molecule has 0 aliphatic rings. The predicted octanol–water partition coefficient (Wildman–Crippen LogP) is 7.84. The second-order valence-corrected chi connectivity index (χ2v) is 13.6. The number of nitrogens with one attached hydrogen (secondary N) is 2. The Balaban J connectivity index is 4.43. The zero-order valence-electron chi connectivity index (χ0n) is 25.0. The van der Waals surface area contributed by atoms with Crippen LogP contribution in [0.1, 0.15) is 122 Å². The molecule has 0 bridgehead atoms. The molecule has 0 aromatic carbocycles. The molecule has 4 nitrogen and oxygen atoms in total. The third-order valence-electron chi connectivity index (χ3n) is 6.45. The van der Waals surface area contributed by atoms with Gasteiger partial charge in [-0.25, -0.2) is 0 Å². The summed E-state index contributed by atoms with van der Waals surface area (Å²) in [5.74, 6) is 2.27. The number of rotatable bonds is 19. The molecule has 0 aliphatic carbocycles. The van der Waals surface area contributed by atoms with E-state index >= 15 is 0 Å². The first-order valence-electron chi connectivity index (χ1n) is 13.6. The summed E-state index contributed by atoms with van der Waals surface area (Å²) in [6.07, 6.45) is 6.42. The van der Waals surface area contributed by atoms with Crippen LogP contribution < -0.4 is 10.6 Å². The third kappa shape index (κ3) is 17.5. The fraction of sp³-hybridized carbons (Fsp3) is 0.900. The molecule has 4 heteroatoms. The van der Waals surface area contributed by atoms with Gasteiger partial charge in [-0.15, -0.1) is 0 Å². The Bertz CT molecular complexity index is 611. The van der Waals surface area contributed by atoms with E-state index in [0.29, 0.717) is 11.3 Å². The summed E-state index contributed by atoms with van der Waals surface area (Å²) in [7, 11) is 0. The van der Waals surface area contributed by atoms with Gasteiger partial charge in [-0.3, -0.25) is 0 Å². The largest absolute Gasteiger partial charge is 0.375 e. The third-order valence-corrected chi connectivity index (χ3v) is 6.45. The molecule has 0 radical (unpaired) electrons. The highest BCUT2D eigenvalue weighted by molar-refractivity contribution is 4.99. The fourth-order valence-electron chi connectivity index (χ4n) is 4.21. The van der Waals surface area contributed by atoms with Crippen molar-refractivity contribution in [2.45, 2.75) is 138 Å². The Morgan fingerprint density at radius 1 is 0.765 bits per heavy atom. The minimum absolute atomic E-state index is 0.0781. The summed E-state index contributed by atoms with van der Waals surface area (Å²) >= 11 is 0. The van der Waals surface area contributed by atoms with E-state index < -0.39 is 0 Å². The van der Waals surface area contributed by atoms with Gasteiger partial charge in [0.25, 0.3) is 0 Å². The van der Waals surface area contributed by atoms with Crippen LogP contribution in [-0.2, 0) is 9.47 Å². The Hall–Kier alpha value is -0.960. The molecule has 0 fully saturated rings. The molecule has 0 saturated heterocycles. The average molecular weight is 481 g/mol. The molecule has 0 heterocycles. The maximum Gasteiger partial charge on any atom is 0.144 e. The Morgan fingerprint density at radius 2 is 1.29 bits per heavy atom. The SMILES string of the molecule is C=C=C(NCCC(C)(C)OCCC(C)(C)CC(C)C)NC(C)(C)CCOC(C)(C)CCC(C)C. The van der Waals surface area contributed by atoms with Gasteiger partial charge < -0.3 is 20.1 Å². The molecular formula is C30H60N2O2. The summed E-state index contributed by atoms with van der Waals surface area (Å²) in [6, 6.07) is 0. The number of hydrogen-bond donors (Lipinski definition) is 2. The number of hydrogen-bond acceptors (Lipinski definition) is 4.